The van der Waals surface area contributed by atoms with Gasteiger partial charge in [-0.25, -0.2) is 14.2 Å². The van der Waals surface area contributed by atoms with Gasteiger partial charge in [-0.2, -0.15) is 0 Å². The zero-order chi connectivity index (χ0) is 22.1. The fraction of sp³-hybridized carbons (Fsp3) is 0.261. The van der Waals surface area contributed by atoms with Crippen LogP contribution in [-0.4, -0.2) is 51.4 Å². The Morgan fingerprint density at radius 3 is 2.59 bits per heavy atom. The molecule has 0 bridgehead atoms. The van der Waals surface area contributed by atoms with Crippen molar-refractivity contribution in [1.82, 2.24) is 19.4 Å². The molecule has 2 aromatic carbocycles. The predicted octanol–water partition coefficient (Wildman–Crippen LogP) is 3.20. The monoisotopic (exact) mass is 452 g/mol. The number of hydrogen-bond donors (Lipinski definition) is 0. The highest BCUT2D eigenvalue weighted by molar-refractivity contribution is 7.09. The summed E-state index contributed by atoms with van der Waals surface area (Å²) in [4.78, 5) is 33.6. The minimum atomic E-state index is -0.515. The molecule has 1 aliphatic rings. The Bertz CT molecular complexity index is 1300. The summed E-state index contributed by atoms with van der Waals surface area (Å²) in [6.07, 6.45) is 0. The van der Waals surface area contributed by atoms with Crippen molar-refractivity contribution >= 4 is 28.3 Å². The second-order valence-electron chi connectivity index (χ2n) is 7.71. The van der Waals surface area contributed by atoms with Gasteiger partial charge in [-0.15, -0.1) is 11.3 Å². The van der Waals surface area contributed by atoms with Crippen LogP contribution in [0.4, 0.5) is 4.39 Å². The lowest BCUT2D eigenvalue weighted by Crippen LogP contribution is -2.49. The van der Waals surface area contributed by atoms with Crippen molar-refractivity contribution in [3.63, 3.8) is 0 Å². The van der Waals surface area contributed by atoms with E-state index in [4.69, 9.17) is 4.42 Å². The Kier molecular flexibility index (Phi) is 5.59. The molecule has 7 nitrogen and oxygen atoms in total. The Balaban J connectivity index is 1.17. The standard InChI is InChI=1S/C23H21FN4O3S/c24-17-7-5-16(6-8-17)18-15-32-21(25-18)13-26-9-11-27(12-10-26)22(29)14-28-19-3-1-2-4-20(19)31-23(28)30/h1-8,15H,9-14H2. The van der Waals surface area contributed by atoms with E-state index >= 15 is 0 Å². The van der Waals surface area contributed by atoms with E-state index in [-0.39, 0.29) is 18.3 Å². The topological polar surface area (TPSA) is 71.6 Å². The second-order valence-corrected chi connectivity index (χ2v) is 8.65. The van der Waals surface area contributed by atoms with Crippen LogP contribution in [0, 0.1) is 5.82 Å². The van der Waals surface area contributed by atoms with Gasteiger partial charge in [-0.1, -0.05) is 12.1 Å². The van der Waals surface area contributed by atoms with Gasteiger partial charge in [0.15, 0.2) is 5.58 Å². The summed E-state index contributed by atoms with van der Waals surface area (Å²) in [7, 11) is 0. The predicted molar refractivity (Wildman–Crippen MR) is 120 cm³/mol. The number of fused-ring (bicyclic) bond motifs is 1. The number of aromatic nitrogens is 2. The lowest BCUT2D eigenvalue weighted by Gasteiger charge is -2.34. The van der Waals surface area contributed by atoms with Crippen molar-refractivity contribution in [2.75, 3.05) is 26.2 Å². The number of rotatable bonds is 5. The molecule has 9 heteroatoms. The van der Waals surface area contributed by atoms with Gasteiger partial charge in [0.2, 0.25) is 5.91 Å². The smallest absolute Gasteiger partial charge is 0.408 e. The molecule has 1 fully saturated rings. The molecule has 0 atom stereocenters. The zero-order valence-electron chi connectivity index (χ0n) is 17.2. The Hall–Kier alpha value is -3.30. The number of hydrogen-bond acceptors (Lipinski definition) is 6. The first-order valence-corrected chi connectivity index (χ1v) is 11.2. The van der Waals surface area contributed by atoms with E-state index in [1.165, 1.54) is 16.7 Å². The van der Waals surface area contributed by atoms with Crippen molar-refractivity contribution in [2.24, 2.45) is 0 Å². The number of amides is 1. The summed E-state index contributed by atoms with van der Waals surface area (Å²) in [5.41, 5.74) is 2.85. The first-order valence-electron chi connectivity index (χ1n) is 10.4. The number of piperazine rings is 1. The van der Waals surface area contributed by atoms with Crippen LogP contribution in [0.1, 0.15) is 5.01 Å². The average molecular weight is 453 g/mol. The highest BCUT2D eigenvalue weighted by Crippen LogP contribution is 2.23. The zero-order valence-corrected chi connectivity index (χ0v) is 18.1. The molecule has 32 heavy (non-hydrogen) atoms. The van der Waals surface area contributed by atoms with Crippen molar-refractivity contribution in [3.05, 3.63) is 75.3 Å². The van der Waals surface area contributed by atoms with E-state index in [0.29, 0.717) is 30.7 Å². The number of benzene rings is 2. The maximum atomic E-state index is 13.1. The van der Waals surface area contributed by atoms with Crippen LogP contribution in [0.25, 0.3) is 22.4 Å². The fourth-order valence-electron chi connectivity index (χ4n) is 3.88. The van der Waals surface area contributed by atoms with Gasteiger partial charge in [-0.05, 0) is 36.4 Å². The molecule has 164 valence electrons. The van der Waals surface area contributed by atoms with Crippen LogP contribution in [-0.2, 0) is 17.9 Å². The summed E-state index contributed by atoms with van der Waals surface area (Å²) in [5.74, 6) is -0.868. The van der Waals surface area contributed by atoms with Crippen molar-refractivity contribution in [1.29, 1.82) is 0 Å². The lowest BCUT2D eigenvalue weighted by molar-refractivity contribution is -0.133. The highest BCUT2D eigenvalue weighted by Gasteiger charge is 2.23. The summed E-state index contributed by atoms with van der Waals surface area (Å²) >= 11 is 1.58. The molecular formula is C23H21FN4O3S. The van der Waals surface area contributed by atoms with Crippen LogP contribution < -0.4 is 5.76 Å². The van der Waals surface area contributed by atoms with E-state index in [9.17, 15) is 14.0 Å². The number of oxazole rings is 1. The van der Waals surface area contributed by atoms with E-state index < -0.39 is 5.76 Å². The molecule has 0 unspecified atom stereocenters. The van der Waals surface area contributed by atoms with Gasteiger partial charge in [0.1, 0.15) is 17.4 Å². The van der Waals surface area contributed by atoms with Gasteiger partial charge in [0.05, 0.1) is 17.8 Å². The van der Waals surface area contributed by atoms with Crippen molar-refractivity contribution < 1.29 is 13.6 Å². The normalized spacial score (nSPS) is 14.8. The summed E-state index contributed by atoms with van der Waals surface area (Å²) < 4.78 is 19.7. The van der Waals surface area contributed by atoms with Crippen LogP contribution in [0.3, 0.4) is 0 Å². The third-order valence-electron chi connectivity index (χ3n) is 5.64. The number of carbonyl (C=O) groups excluding carboxylic acids is 1. The van der Waals surface area contributed by atoms with Crippen LogP contribution in [0.2, 0.25) is 0 Å². The second kappa shape index (κ2) is 8.68. The van der Waals surface area contributed by atoms with Gasteiger partial charge in [-0.3, -0.25) is 14.3 Å². The number of carbonyl (C=O) groups is 1. The maximum absolute atomic E-state index is 13.1. The first kappa shape index (κ1) is 20.6. The summed E-state index contributed by atoms with van der Waals surface area (Å²) in [5, 5.41) is 2.97. The minimum absolute atomic E-state index is 0.0244. The van der Waals surface area contributed by atoms with Gasteiger partial charge < -0.3 is 9.32 Å². The molecule has 0 aliphatic carbocycles. The molecule has 0 saturated carbocycles. The largest absolute Gasteiger partial charge is 0.420 e. The number of para-hydroxylation sites is 2. The third-order valence-corrected chi connectivity index (χ3v) is 6.48. The molecule has 4 aromatic rings. The van der Waals surface area contributed by atoms with Crippen LogP contribution >= 0.6 is 11.3 Å². The lowest BCUT2D eigenvalue weighted by atomic mass is 10.2. The van der Waals surface area contributed by atoms with E-state index in [1.807, 2.05) is 11.4 Å². The molecule has 5 rings (SSSR count). The maximum Gasteiger partial charge on any atom is 0.420 e. The Morgan fingerprint density at radius 1 is 1.06 bits per heavy atom. The van der Waals surface area contributed by atoms with Gasteiger partial charge in [0.25, 0.3) is 0 Å². The first-order chi connectivity index (χ1) is 15.6. The third kappa shape index (κ3) is 4.21. The average Bonchev–Trinajstić information content (AvgIpc) is 3.39. The molecule has 0 N–H and O–H groups in total. The van der Waals surface area contributed by atoms with Crippen molar-refractivity contribution in [3.8, 4) is 11.3 Å². The molecule has 1 amide bonds. The number of nitrogens with zero attached hydrogens (tertiary/aromatic N) is 4. The molecule has 0 spiro atoms. The summed E-state index contributed by atoms with van der Waals surface area (Å²) in [6.45, 7) is 3.35. The quantitative estimate of drug-likeness (QED) is 0.465. The molecular weight excluding hydrogens is 431 g/mol. The van der Waals surface area contributed by atoms with Gasteiger partial charge in [0, 0.05) is 37.1 Å². The SMILES string of the molecule is O=C(Cn1c(=O)oc2ccccc21)N1CCN(Cc2nc(-c3ccc(F)cc3)cs2)CC1. The summed E-state index contributed by atoms with van der Waals surface area (Å²) in [6, 6.07) is 13.4. The minimum Gasteiger partial charge on any atom is -0.408 e. The van der Waals surface area contributed by atoms with Crippen molar-refractivity contribution in [2.45, 2.75) is 13.1 Å². The molecule has 2 aromatic heterocycles. The molecule has 0 radical (unpaired) electrons. The van der Waals surface area contributed by atoms with E-state index in [0.717, 1.165) is 29.4 Å². The number of halogens is 1. The number of thiazole rings is 1. The molecule has 1 aliphatic heterocycles. The highest BCUT2D eigenvalue weighted by atomic mass is 32.1. The molecule has 1 saturated heterocycles. The van der Waals surface area contributed by atoms with E-state index in [2.05, 4.69) is 9.88 Å². The van der Waals surface area contributed by atoms with E-state index in [1.54, 1.807) is 46.6 Å². The van der Waals surface area contributed by atoms with Crippen LogP contribution in [0.15, 0.2) is 63.1 Å². The van der Waals surface area contributed by atoms with Crippen LogP contribution in [0.5, 0.6) is 0 Å². The van der Waals surface area contributed by atoms with Gasteiger partial charge >= 0.3 is 5.76 Å². The Morgan fingerprint density at radius 2 is 1.81 bits per heavy atom. The fourth-order valence-corrected chi connectivity index (χ4v) is 4.73. The Labute approximate surface area is 187 Å². The molecule has 3 heterocycles.